The fraction of sp³-hybridized carbons (Fsp3) is 0.875. The van der Waals surface area contributed by atoms with Crippen LogP contribution in [0.15, 0.2) is 0 Å². The van der Waals surface area contributed by atoms with Crippen LogP contribution in [-0.2, 0) is 14.3 Å². The summed E-state index contributed by atoms with van der Waals surface area (Å²) in [7, 11) is 0. The molecule has 0 radical (unpaired) electrons. The molecule has 1 saturated heterocycles. The third-order valence-electron chi connectivity index (χ3n) is 2.11. The summed E-state index contributed by atoms with van der Waals surface area (Å²) in [5.41, 5.74) is 4.76. The molecule has 0 aliphatic carbocycles. The van der Waals surface area contributed by atoms with Crippen molar-refractivity contribution in [3.05, 3.63) is 0 Å². The average Bonchev–Trinajstić information content (AvgIpc) is 2.03. The zero-order valence-corrected chi connectivity index (χ0v) is 7.34. The Morgan fingerprint density at radius 3 is 2.67 bits per heavy atom. The van der Waals surface area contributed by atoms with Crippen molar-refractivity contribution < 1.29 is 14.3 Å². The third-order valence-corrected chi connectivity index (χ3v) is 2.11. The number of carbonyl (C=O) groups is 1. The Hall–Kier alpha value is -0.610. The van der Waals surface area contributed by atoms with Crippen LogP contribution in [-0.4, -0.2) is 31.3 Å². The average molecular weight is 173 g/mol. The van der Waals surface area contributed by atoms with E-state index in [0.717, 1.165) is 12.8 Å². The second-order valence-electron chi connectivity index (χ2n) is 3.32. The van der Waals surface area contributed by atoms with E-state index in [4.69, 9.17) is 15.2 Å². The number of primary amides is 1. The maximum Gasteiger partial charge on any atom is 0.243 e. The number of amides is 1. The summed E-state index contributed by atoms with van der Waals surface area (Å²) in [4.78, 5) is 10.5. The highest BCUT2D eigenvalue weighted by Crippen LogP contribution is 2.23. The normalized spacial score (nSPS) is 22.1. The van der Waals surface area contributed by atoms with E-state index in [9.17, 15) is 4.79 Å². The van der Waals surface area contributed by atoms with E-state index in [1.54, 1.807) is 0 Å². The molecule has 1 rings (SSSR count). The van der Waals surface area contributed by atoms with Crippen molar-refractivity contribution in [3.8, 4) is 0 Å². The van der Waals surface area contributed by atoms with Crippen molar-refractivity contribution in [2.24, 2.45) is 5.73 Å². The van der Waals surface area contributed by atoms with Crippen molar-refractivity contribution in [1.29, 1.82) is 0 Å². The van der Waals surface area contributed by atoms with Crippen LogP contribution in [0.2, 0.25) is 0 Å². The molecule has 1 aliphatic rings. The second-order valence-corrected chi connectivity index (χ2v) is 3.32. The van der Waals surface area contributed by atoms with Crippen LogP contribution in [0, 0.1) is 0 Å². The van der Waals surface area contributed by atoms with Gasteiger partial charge in [-0.25, -0.2) is 0 Å². The summed E-state index contributed by atoms with van der Waals surface area (Å²) in [5.74, 6) is -0.414. The molecule has 1 fully saturated rings. The number of nitrogens with two attached hydrogens (primary N) is 1. The topological polar surface area (TPSA) is 61.5 Å². The summed E-state index contributed by atoms with van der Waals surface area (Å²) >= 11 is 0. The lowest BCUT2D eigenvalue weighted by Crippen LogP contribution is -2.38. The van der Waals surface area contributed by atoms with Gasteiger partial charge in [-0.15, -0.1) is 0 Å². The van der Waals surface area contributed by atoms with Gasteiger partial charge >= 0.3 is 0 Å². The molecule has 0 spiro atoms. The SMILES string of the molecule is CC1(OCC(N)=O)CCOCC1. The van der Waals surface area contributed by atoms with Crippen LogP contribution in [0.25, 0.3) is 0 Å². The Balaban J connectivity index is 2.31. The summed E-state index contributed by atoms with van der Waals surface area (Å²) in [6.07, 6.45) is 1.67. The minimum absolute atomic E-state index is 0.0104. The first-order chi connectivity index (χ1) is 5.62. The van der Waals surface area contributed by atoms with Gasteiger partial charge in [-0.05, 0) is 19.8 Å². The molecule has 2 N–H and O–H groups in total. The van der Waals surface area contributed by atoms with E-state index < -0.39 is 5.91 Å². The van der Waals surface area contributed by atoms with Crippen LogP contribution in [0.3, 0.4) is 0 Å². The van der Waals surface area contributed by atoms with Crippen molar-refractivity contribution in [2.45, 2.75) is 25.4 Å². The van der Waals surface area contributed by atoms with E-state index in [1.807, 2.05) is 6.92 Å². The van der Waals surface area contributed by atoms with E-state index in [1.165, 1.54) is 0 Å². The molecule has 0 atom stereocenters. The van der Waals surface area contributed by atoms with Gasteiger partial charge in [0.25, 0.3) is 0 Å². The maximum absolute atomic E-state index is 10.5. The molecule has 0 saturated carbocycles. The largest absolute Gasteiger partial charge is 0.381 e. The van der Waals surface area contributed by atoms with Crippen molar-refractivity contribution >= 4 is 5.91 Å². The molecule has 4 heteroatoms. The highest BCUT2D eigenvalue weighted by atomic mass is 16.5. The summed E-state index contributed by atoms with van der Waals surface area (Å²) in [5, 5.41) is 0. The zero-order valence-electron chi connectivity index (χ0n) is 7.34. The second kappa shape index (κ2) is 3.87. The maximum atomic E-state index is 10.5. The molecular weight excluding hydrogens is 158 g/mol. The smallest absolute Gasteiger partial charge is 0.243 e. The van der Waals surface area contributed by atoms with Gasteiger partial charge in [0.15, 0.2) is 0 Å². The highest BCUT2D eigenvalue weighted by Gasteiger charge is 2.28. The monoisotopic (exact) mass is 173 g/mol. The molecule has 4 nitrogen and oxygen atoms in total. The summed E-state index contributed by atoms with van der Waals surface area (Å²) < 4.78 is 10.6. The van der Waals surface area contributed by atoms with Crippen LogP contribution in [0.1, 0.15) is 19.8 Å². The van der Waals surface area contributed by atoms with E-state index in [-0.39, 0.29) is 12.2 Å². The third kappa shape index (κ3) is 2.79. The highest BCUT2D eigenvalue weighted by molar-refractivity contribution is 5.75. The van der Waals surface area contributed by atoms with E-state index in [0.29, 0.717) is 13.2 Å². The lowest BCUT2D eigenvalue weighted by Gasteiger charge is -2.32. The lowest BCUT2D eigenvalue weighted by molar-refractivity contribution is -0.137. The molecule has 70 valence electrons. The number of hydrogen-bond acceptors (Lipinski definition) is 3. The van der Waals surface area contributed by atoms with Gasteiger partial charge in [-0.2, -0.15) is 0 Å². The Kier molecular flexibility index (Phi) is 3.05. The van der Waals surface area contributed by atoms with Crippen molar-refractivity contribution in [2.75, 3.05) is 19.8 Å². The van der Waals surface area contributed by atoms with Gasteiger partial charge in [0.1, 0.15) is 6.61 Å². The van der Waals surface area contributed by atoms with Crippen molar-refractivity contribution in [3.63, 3.8) is 0 Å². The molecule has 1 heterocycles. The van der Waals surface area contributed by atoms with Gasteiger partial charge < -0.3 is 15.2 Å². The Bertz CT molecular complexity index is 164. The number of rotatable bonds is 3. The molecular formula is C8H15NO3. The minimum Gasteiger partial charge on any atom is -0.381 e. The number of carbonyl (C=O) groups excluding carboxylic acids is 1. The van der Waals surface area contributed by atoms with Gasteiger partial charge in [0.2, 0.25) is 5.91 Å². The molecule has 0 aromatic carbocycles. The lowest BCUT2D eigenvalue weighted by atomic mass is 9.97. The predicted octanol–water partition coefficient (Wildman–Crippen LogP) is 0.0574. The fourth-order valence-electron chi connectivity index (χ4n) is 1.19. The molecule has 0 aromatic rings. The first kappa shape index (κ1) is 9.48. The molecule has 0 bridgehead atoms. The standard InChI is InChI=1S/C8H15NO3/c1-8(12-6-7(9)10)2-4-11-5-3-8/h2-6H2,1H3,(H2,9,10). The fourth-order valence-corrected chi connectivity index (χ4v) is 1.19. The van der Waals surface area contributed by atoms with Gasteiger partial charge in [-0.3, -0.25) is 4.79 Å². The first-order valence-electron chi connectivity index (χ1n) is 4.12. The molecule has 1 aliphatic heterocycles. The molecule has 0 aromatic heterocycles. The molecule has 1 amide bonds. The van der Waals surface area contributed by atoms with Crippen LogP contribution < -0.4 is 5.73 Å². The van der Waals surface area contributed by atoms with Crippen molar-refractivity contribution in [1.82, 2.24) is 0 Å². The summed E-state index contributed by atoms with van der Waals surface area (Å²) in [6, 6.07) is 0. The Morgan fingerprint density at radius 2 is 2.17 bits per heavy atom. The van der Waals surface area contributed by atoms with E-state index >= 15 is 0 Å². The molecule has 12 heavy (non-hydrogen) atoms. The Morgan fingerprint density at radius 1 is 1.58 bits per heavy atom. The number of ether oxygens (including phenoxy) is 2. The molecule has 0 unspecified atom stereocenters. The van der Waals surface area contributed by atoms with E-state index in [2.05, 4.69) is 0 Å². The summed E-state index contributed by atoms with van der Waals surface area (Å²) in [6.45, 7) is 3.40. The quantitative estimate of drug-likeness (QED) is 0.656. The van der Waals surface area contributed by atoms with Crippen LogP contribution >= 0.6 is 0 Å². The number of hydrogen-bond donors (Lipinski definition) is 1. The zero-order chi connectivity index (χ0) is 9.03. The van der Waals surface area contributed by atoms with Gasteiger partial charge in [0, 0.05) is 13.2 Å². The first-order valence-corrected chi connectivity index (χ1v) is 4.12. The minimum atomic E-state index is -0.414. The predicted molar refractivity (Wildman–Crippen MR) is 43.6 cm³/mol. The van der Waals surface area contributed by atoms with Crippen LogP contribution in [0.5, 0.6) is 0 Å². The Labute approximate surface area is 72.0 Å². The van der Waals surface area contributed by atoms with Crippen LogP contribution in [0.4, 0.5) is 0 Å². The van der Waals surface area contributed by atoms with Gasteiger partial charge in [-0.1, -0.05) is 0 Å². The van der Waals surface area contributed by atoms with Gasteiger partial charge in [0.05, 0.1) is 5.60 Å².